The summed E-state index contributed by atoms with van der Waals surface area (Å²) in [5, 5.41) is 8.79. The molecule has 0 aliphatic carbocycles. The molecule has 0 spiro atoms. The van der Waals surface area contributed by atoms with Crippen LogP contribution in [0, 0.1) is 0 Å². The highest BCUT2D eigenvalue weighted by Gasteiger charge is 2.30. The van der Waals surface area contributed by atoms with E-state index in [1.807, 2.05) is 16.8 Å². The number of nitrogens with zero attached hydrogens (tertiary/aromatic N) is 1. The zero-order valence-corrected chi connectivity index (χ0v) is 13.5. The molecule has 0 atom stereocenters. The fourth-order valence-corrected chi connectivity index (χ4v) is 3.34. The van der Waals surface area contributed by atoms with Gasteiger partial charge < -0.3 is 10.1 Å². The number of thiophene rings is 1. The molecule has 0 aliphatic heterocycles. The molecule has 0 unspecified atom stereocenters. The number of alkyl halides is 3. The minimum Gasteiger partial charge on any atom is -0.406 e. The van der Waals surface area contributed by atoms with Crippen LogP contribution in [0.4, 0.5) is 18.9 Å². The molecular formula is C15H9F3N2O2S2. The molecule has 2 heterocycles. The standard InChI is InChI=1S/C15H9F3N2O2S2/c16-15(17,18)22-11-3-1-10(2-4-11)19-13(21)12-8-24-14(20-12)9-5-6-23-7-9/h1-8H,(H,19,21). The first kappa shape index (κ1) is 16.5. The number of aromatic nitrogens is 1. The number of carbonyl (C=O) groups is 1. The Bertz CT molecular complexity index is 827. The zero-order valence-electron chi connectivity index (χ0n) is 11.8. The van der Waals surface area contributed by atoms with E-state index in [-0.39, 0.29) is 11.4 Å². The van der Waals surface area contributed by atoms with Crippen LogP contribution in [0.3, 0.4) is 0 Å². The summed E-state index contributed by atoms with van der Waals surface area (Å²) in [6.45, 7) is 0. The van der Waals surface area contributed by atoms with Crippen molar-refractivity contribution in [3.05, 3.63) is 52.2 Å². The van der Waals surface area contributed by atoms with E-state index >= 15 is 0 Å². The number of nitrogens with one attached hydrogen (secondary N) is 1. The van der Waals surface area contributed by atoms with Gasteiger partial charge in [-0.2, -0.15) is 11.3 Å². The van der Waals surface area contributed by atoms with Gasteiger partial charge in [-0.3, -0.25) is 4.79 Å². The largest absolute Gasteiger partial charge is 0.573 e. The minimum atomic E-state index is -4.75. The van der Waals surface area contributed by atoms with Crippen LogP contribution in [-0.4, -0.2) is 17.3 Å². The number of hydrogen-bond acceptors (Lipinski definition) is 5. The van der Waals surface area contributed by atoms with Gasteiger partial charge >= 0.3 is 6.36 Å². The number of rotatable bonds is 4. The highest BCUT2D eigenvalue weighted by atomic mass is 32.1. The van der Waals surface area contributed by atoms with Crippen molar-refractivity contribution >= 4 is 34.3 Å². The molecule has 0 fully saturated rings. The Kier molecular flexibility index (Phi) is 4.54. The number of carbonyl (C=O) groups excluding carboxylic acids is 1. The summed E-state index contributed by atoms with van der Waals surface area (Å²) in [5.41, 5.74) is 1.54. The third kappa shape index (κ3) is 4.12. The maximum absolute atomic E-state index is 12.1. The summed E-state index contributed by atoms with van der Waals surface area (Å²) in [6, 6.07) is 6.81. The van der Waals surface area contributed by atoms with Crippen LogP contribution in [-0.2, 0) is 0 Å². The van der Waals surface area contributed by atoms with E-state index < -0.39 is 12.3 Å². The lowest BCUT2D eigenvalue weighted by Crippen LogP contribution is -2.17. The third-order valence-corrected chi connectivity index (χ3v) is 4.43. The molecule has 1 aromatic carbocycles. The number of ether oxygens (including phenoxy) is 1. The number of halogens is 3. The van der Waals surface area contributed by atoms with Gasteiger partial charge in [-0.15, -0.1) is 24.5 Å². The molecular weight excluding hydrogens is 361 g/mol. The topological polar surface area (TPSA) is 51.2 Å². The maximum atomic E-state index is 12.1. The lowest BCUT2D eigenvalue weighted by Gasteiger charge is -2.09. The Morgan fingerprint density at radius 3 is 2.50 bits per heavy atom. The summed E-state index contributed by atoms with van der Waals surface area (Å²) in [5.74, 6) is -0.786. The molecule has 4 nitrogen and oxygen atoms in total. The number of thiazole rings is 1. The third-order valence-electron chi connectivity index (χ3n) is 2.85. The Morgan fingerprint density at radius 2 is 1.88 bits per heavy atom. The van der Waals surface area contributed by atoms with Crippen molar-refractivity contribution in [1.29, 1.82) is 0 Å². The maximum Gasteiger partial charge on any atom is 0.573 e. The number of amides is 1. The monoisotopic (exact) mass is 370 g/mol. The number of benzene rings is 1. The Hall–Kier alpha value is -2.39. The van der Waals surface area contributed by atoms with Crippen molar-refractivity contribution in [2.75, 3.05) is 5.32 Å². The second-order valence-electron chi connectivity index (χ2n) is 4.58. The van der Waals surface area contributed by atoms with Gasteiger partial charge in [-0.05, 0) is 35.7 Å². The summed E-state index contributed by atoms with van der Waals surface area (Å²) in [6.07, 6.45) is -4.75. The minimum absolute atomic E-state index is 0.247. The van der Waals surface area contributed by atoms with Crippen LogP contribution in [0.2, 0.25) is 0 Å². The SMILES string of the molecule is O=C(Nc1ccc(OC(F)(F)F)cc1)c1csc(-c2ccsc2)n1. The van der Waals surface area contributed by atoms with Gasteiger partial charge in [0.1, 0.15) is 16.5 Å². The molecule has 0 bridgehead atoms. The summed E-state index contributed by atoms with van der Waals surface area (Å²) in [4.78, 5) is 16.4. The molecule has 9 heteroatoms. The van der Waals surface area contributed by atoms with Crippen LogP contribution in [0.15, 0.2) is 46.5 Å². The van der Waals surface area contributed by atoms with Crippen LogP contribution >= 0.6 is 22.7 Å². The van der Waals surface area contributed by atoms with Crippen LogP contribution in [0.5, 0.6) is 5.75 Å². The summed E-state index contributed by atoms with van der Waals surface area (Å²) in [7, 11) is 0. The van der Waals surface area contributed by atoms with E-state index in [0.29, 0.717) is 5.69 Å². The average molecular weight is 370 g/mol. The first-order chi connectivity index (χ1) is 11.4. The normalized spacial score (nSPS) is 11.3. The highest BCUT2D eigenvalue weighted by molar-refractivity contribution is 7.14. The van der Waals surface area contributed by atoms with Crippen molar-refractivity contribution in [3.8, 4) is 16.3 Å². The highest BCUT2D eigenvalue weighted by Crippen LogP contribution is 2.27. The number of anilines is 1. The Balaban J connectivity index is 1.66. The molecule has 1 amide bonds. The predicted octanol–water partition coefficient (Wildman–Crippen LogP) is 5.02. The van der Waals surface area contributed by atoms with Crippen LogP contribution in [0.25, 0.3) is 10.6 Å². The van der Waals surface area contributed by atoms with Gasteiger partial charge in [0, 0.05) is 22.0 Å². The van der Waals surface area contributed by atoms with Gasteiger partial charge in [0.05, 0.1) is 0 Å². The second kappa shape index (κ2) is 6.62. The first-order valence-corrected chi connectivity index (χ1v) is 8.38. The fourth-order valence-electron chi connectivity index (χ4n) is 1.83. The lowest BCUT2D eigenvalue weighted by molar-refractivity contribution is -0.274. The smallest absolute Gasteiger partial charge is 0.406 e. The predicted molar refractivity (Wildman–Crippen MR) is 86.5 cm³/mol. The second-order valence-corrected chi connectivity index (χ2v) is 6.21. The van der Waals surface area contributed by atoms with Gasteiger partial charge in [0.15, 0.2) is 0 Å². The molecule has 24 heavy (non-hydrogen) atoms. The molecule has 2 aromatic heterocycles. The molecule has 0 aliphatic rings. The van der Waals surface area contributed by atoms with Gasteiger partial charge in [0.25, 0.3) is 5.91 Å². The van der Waals surface area contributed by atoms with Crippen LogP contribution < -0.4 is 10.1 Å². The van der Waals surface area contributed by atoms with Gasteiger partial charge in [0.2, 0.25) is 0 Å². The van der Waals surface area contributed by atoms with E-state index in [2.05, 4.69) is 15.0 Å². The molecule has 1 N–H and O–H groups in total. The number of hydrogen-bond donors (Lipinski definition) is 1. The quantitative estimate of drug-likeness (QED) is 0.701. The molecule has 0 saturated heterocycles. The van der Waals surface area contributed by atoms with Crippen LogP contribution in [0.1, 0.15) is 10.5 Å². The van der Waals surface area contributed by atoms with Crippen molar-refractivity contribution < 1.29 is 22.7 Å². The summed E-state index contributed by atoms with van der Waals surface area (Å²) < 4.78 is 40.1. The zero-order chi connectivity index (χ0) is 17.2. The fraction of sp³-hybridized carbons (Fsp3) is 0.0667. The average Bonchev–Trinajstić information content (AvgIpc) is 3.18. The van der Waals surface area contributed by atoms with Crippen molar-refractivity contribution in [1.82, 2.24) is 4.98 Å². The first-order valence-electron chi connectivity index (χ1n) is 6.56. The Labute approximate surface area is 142 Å². The van der Waals surface area contributed by atoms with E-state index in [1.165, 1.54) is 34.8 Å². The molecule has 3 aromatic rings. The van der Waals surface area contributed by atoms with Crippen molar-refractivity contribution in [2.45, 2.75) is 6.36 Å². The molecule has 0 saturated carbocycles. The van der Waals surface area contributed by atoms with E-state index in [4.69, 9.17) is 0 Å². The molecule has 3 rings (SSSR count). The van der Waals surface area contributed by atoms with E-state index in [9.17, 15) is 18.0 Å². The Morgan fingerprint density at radius 1 is 1.12 bits per heavy atom. The van der Waals surface area contributed by atoms with Crippen molar-refractivity contribution in [2.24, 2.45) is 0 Å². The molecule has 0 radical (unpaired) electrons. The lowest BCUT2D eigenvalue weighted by atomic mass is 10.3. The summed E-state index contributed by atoms with van der Waals surface area (Å²) >= 11 is 2.88. The van der Waals surface area contributed by atoms with Crippen molar-refractivity contribution in [3.63, 3.8) is 0 Å². The van der Waals surface area contributed by atoms with Gasteiger partial charge in [-0.1, -0.05) is 0 Å². The molecule has 124 valence electrons. The van der Waals surface area contributed by atoms with Gasteiger partial charge in [-0.25, -0.2) is 4.98 Å². The van der Waals surface area contributed by atoms with E-state index in [0.717, 1.165) is 22.7 Å². The van der Waals surface area contributed by atoms with E-state index in [1.54, 1.807) is 5.38 Å².